The van der Waals surface area contributed by atoms with E-state index in [-0.39, 0.29) is 10.6 Å². The maximum atomic E-state index is 12.2. The maximum absolute atomic E-state index is 12.2. The van der Waals surface area contributed by atoms with Gasteiger partial charge in [-0.1, -0.05) is 11.3 Å². The van der Waals surface area contributed by atoms with Gasteiger partial charge in [-0.2, -0.15) is 13.2 Å². The van der Waals surface area contributed by atoms with Crippen LogP contribution in [0.4, 0.5) is 18.3 Å². The van der Waals surface area contributed by atoms with Gasteiger partial charge in [-0.25, -0.2) is 9.78 Å². The van der Waals surface area contributed by atoms with Crippen molar-refractivity contribution in [1.29, 1.82) is 0 Å². The number of halogens is 3. The van der Waals surface area contributed by atoms with Crippen molar-refractivity contribution in [1.82, 2.24) is 9.97 Å². The molecule has 0 fully saturated rings. The first-order chi connectivity index (χ1) is 9.79. The summed E-state index contributed by atoms with van der Waals surface area (Å²) in [5, 5.41) is 10.1. The van der Waals surface area contributed by atoms with Crippen LogP contribution in [0.5, 0.6) is 0 Å². The molecule has 1 amide bonds. The third kappa shape index (κ3) is 3.34. The summed E-state index contributed by atoms with van der Waals surface area (Å²) in [4.78, 5) is 29.1. The Kier molecular flexibility index (Phi) is 3.89. The molecule has 0 saturated carbocycles. The summed E-state index contributed by atoms with van der Waals surface area (Å²) >= 11 is 0.437. The normalized spacial score (nSPS) is 11.2. The van der Waals surface area contributed by atoms with E-state index in [1.54, 1.807) is 0 Å². The lowest BCUT2D eigenvalue weighted by Gasteiger charge is -2.04. The van der Waals surface area contributed by atoms with Gasteiger partial charge in [-0.3, -0.25) is 15.1 Å². The predicted molar refractivity (Wildman–Crippen MR) is 67.0 cm³/mol. The summed E-state index contributed by atoms with van der Waals surface area (Å²) in [7, 11) is 0. The number of alkyl halides is 3. The Morgan fingerprint density at radius 2 is 2.05 bits per heavy atom. The van der Waals surface area contributed by atoms with E-state index in [1.165, 1.54) is 29.8 Å². The van der Waals surface area contributed by atoms with Crippen LogP contribution in [0.2, 0.25) is 0 Å². The molecule has 0 bridgehead atoms. The van der Waals surface area contributed by atoms with E-state index < -0.39 is 23.2 Å². The molecule has 0 aromatic carbocycles. The highest BCUT2D eigenvalue weighted by Gasteiger charge is 2.39. The number of aromatic carboxylic acids is 1. The van der Waals surface area contributed by atoms with E-state index >= 15 is 0 Å². The molecular weight excluding hydrogens is 311 g/mol. The van der Waals surface area contributed by atoms with Gasteiger partial charge in [0.1, 0.15) is 4.88 Å². The molecule has 0 aliphatic rings. The number of hydrogen-bond donors (Lipinski definition) is 2. The molecular formula is C11H6F3N3O3S. The van der Waals surface area contributed by atoms with Gasteiger partial charge < -0.3 is 5.11 Å². The molecule has 2 N–H and O–H groups in total. The van der Waals surface area contributed by atoms with Gasteiger partial charge in [0.15, 0.2) is 5.13 Å². The van der Waals surface area contributed by atoms with Gasteiger partial charge in [0, 0.05) is 18.0 Å². The highest BCUT2D eigenvalue weighted by atomic mass is 32.1. The van der Waals surface area contributed by atoms with Crippen LogP contribution in [0.3, 0.4) is 0 Å². The second-order valence-electron chi connectivity index (χ2n) is 3.70. The summed E-state index contributed by atoms with van der Waals surface area (Å²) < 4.78 is 36.5. The Hall–Kier alpha value is -2.49. The molecule has 0 atom stereocenters. The minimum absolute atomic E-state index is 0.0573. The van der Waals surface area contributed by atoms with Crippen LogP contribution in [0.1, 0.15) is 9.67 Å². The van der Waals surface area contributed by atoms with Gasteiger partial charge in [0.2, 0.25) is 0 Å². The number of thiazole rings is 1. The largest absolute Gasteiger partial charge is 0.477 e. The third-order valence-electron chi connectivity index (χ3n) is 2.23. The smallest absolute Gasteiger partial charge is 0.471 e. The number of carbonyl (C=O) groups is 2. The van der Waals surface area contributed by atoms with Crippen LogP contribution >= 0.6 is 11.3 Å². The van der Waals surface area contributed by atoms with Crippen LogP contribution in [0.15, 0.2) is 24.5 Å². The van der Waals surface area contributed by atoms with E-state index in [0.29, 0.717) is 16.9 Å². The number of carbonyl (C=O) groups excluding carboxylic acids is 1. The minimum atomic E-state index is -5.08. The van der Waals surface area contributed by atoms with Gasteiger partial charge in [-0.05, 0) is 12.1 Å². The number of anilines is 1. The van der Waals surface area contributed by atoms with E-state index in [9.17, 15) is 22.8 Å². The lowest BCUT2D eigenvalue weighted by molar-refractivity contribution is -0.167. The molecule has 0 aliphatic carbocycles. The monoisotopic (exact) mass is 317 g/mol. The number of nitrogens with one attached hydrogen (secondary N) is 1. The number of carboxylic acid groups (broad SMARTS) is 1. The van der Waals surface area contributed by atoms with Crippen LogP contribution in [0.25, 0.3) is 11.3 Å². The highest BCUT2D eigenvalue weighted by Crippen LogP contribution is 2.31. The number of rotatable bonds is 3. The number of aromatic nitrogens is 2. The molecule has 21 heavy (non-hydrogen) atoms. The van der Waals surface area contributed by atoms with E-state index in [1.807, 2.05) is 0 Å². The molecule has 0 radical (unpaired) electrons. The van der Waals surface area contributed by atoms with E-state index in [2.05, 4.69) is 9.97 Å². The second-order valence-corrected chi connectivity index (χ2v) is 4.69. The Balaban J connectivity index is 2.39. The molecule has 2 aromatic rings. The Labute approximate surface area is 119 Å². The third-order valence-corrected chi connectivity index (χ3v) is 3.19. The zero-order valence-electron chi connectivity index (χ0n) is 10.0. The lowest BCUT2D eigenvalue weighted by atomic mass is 10.2. The van der Waals surface area contributed by atoms with Crippen molar-refractivity contribution < 1.29 is 27.9 Å². The predicted octanol–water partition coefficient (Wildman–Crippen LogP) is 2.40. The van der Waals surface area contributed by atoms with Crippen molar-refractivity contribution in [2.24, 2.45) is 0 Å². The first-order valence-corrected chi connectivity index (χ1v) is 6.13. The fraction of sp³-hybridized carbons (Fsp3) is 0.0909. The summed E-state index contributed by atoms with van der Waals surface area (Å²) in [5.41, 5.74) is 0.261. The Morgan fingerprint density at radius 1 is 1.33 bits per heavy atom. The highest BCUT2D eigenvalue weighted by molar-refractivity contribution is 7.18. The van der Waals surface area contributed by atoms with Crippen molar-refractivity contribution in [2.75, 3.05) is 5.32 Å². The summed E-state index contributed by atoms with van der Waals surface area (Å²) in [6.07, 6.45) is -2.32. The van der Waals surface area contributed by atoms with Gasteiger partial charge in [0.05, 0.1) is 5.69 Å². The number of amides is 1. The van der Waals surface area contributed by atoms with Crippen molar-refractivity contribution >= 4 is 28.3 Å². The molecule has 0 unspecified atom stereocenters. The molecule has 0 aliphatic heterocycles. The van der Waals surface area contributed by atoms with Crippen molar-refractivity contribution in [2.45, 2.75) is 6.18 Å². The maximum Gasteiger partial charge on any atom is 0.471 e. The van der Waals surface area contributed by atoms with Crippen LogP contribution in [0, 0.1) is 0 Å². The summed E-state index contributed by atoms with van der Waals surface area (Å²) in [6, 6.07) is 3.03. The Morgan fingerprint density at radius 3 is 2.57 bits per heavy atom. The molecule has 0 saturated heterocycles. The van der Waals surface area contributed by atoms with Crippen molar-refractivity contribution in [3.63, 3.8) is 0 Å². The average Bonchev–Trinajstić information content (AvgIpc) is 2.83. The number of nitrogens with zero attached hydrogens (tertiary/aromatic N) is 2. The first kappa shape index (κ1) is 14.9. The molecule has 110 valence electrons. The number of hydrogen-bond acceptors (Lipinski definition) is 5. The fourth-order valence-electron chi connectivity index (χ4n) is 1.39. The van der Waals surface area contributed by atoms with Crippen molar-refractivity contribution in [3.05, 3.63) is 29.4 Å². The quantitative estimate of drug-likeness (QED) is 0.907. The first-order valence-electron chi connectivity index (χ1n) is 5.31. The molecule has 2 rings (SSSR count). The fourth-order valence-corrected chi connectivity index (χ4v) is 2.21. The number of pyridine rings is 1. The molecule has 2 heterocycles. The van der Waals surface area contributed by atoms with Gasteiger partial charge >= 0.3 is 18.1 Å². The van der Waals surface area contributed by atoms with Gasteiger partial charge in [0.25, 0.3) is 0 Å². The van der Waals surface area contributed by atoms with E-state index in [4.69, 9.17) is 5.11 Å². The van der Waals surface area contributed by atoms with Crippen LogP contribution in [-0.2, 0) is 4.79 Å². The molecule has 0 spiro atoms. The van der Waals surface area contributed by atoms with E-state index in [0.717, 1.165) is 0 Å². The standard InChI is InChI=1S/C11H6F3N3O3S/c12-11(13,14)9(20)17-10-16-6(7(21-10)8(18)19)5-2-1-3-15-4-5/h1-4H,(H,18,19)(H,16,17,20). The van der Waals surface area contributed by atoms with Crippen LogP contribution < -0.4 is 5.32 Å². The molecule has 10 heteroatoms. The average molecular weight is 317 g/mol. The van der Waals surface area contributed by atoms with Crippen molar-refractivity contribution in [3.8, 4) is 11.3 Å². The Bertz CT molecular complexity index is 685. The number of carboxylic acids is 1. The SMILES string of the molecule is O=C(O)c1sc(NC(=O)C(F)(F)F)nc1-c1cccnc1. The van der Waals surface area contributed by atoms with Crippen LogP contribution in [-0.4, -0.2) is 33.1 Å². The summed E-state index contributed by atoms with van der Waals surface area (Å²) in [5.74, 6) is -3.58. The molecule has 2 aromatic heterocycles. The second kappa shape index (κ2) is 5.48. The molecule has 6 nitrogen and oxygen atoms in total. The zero-order chi connectivity index (χ0) is 15.6. The van der Waals surface area contributed by atoms with Gasteiger partial charge in [-0.15, -0.1) is 0 Å². The minimum Gasteiger partial charge on any atom is -0.477 e. The topological polar surface area (TPSA) is 92.2 Å². The zero-order valence-corrected chi connectivity index (χ0v) is 10.8. The summed E-state index contributed by atoms with van der Waals surface area (Å²) in [6.45, 7) is 0. The lowest BCUT2D eigenvalue weighted by Crippen LogP contribution is -2.29.